The first kappa shape index (κ1) is 16.3. The molecule has 120 valence electrons. The van der Waals surface area contributed by atoms with Gasteiger partial charge in [-0.25, -0.2) is 0 Å². The fourth-order valence-corrected chi connectivity index (χ4v) is 3.23. The molecular formula is C24H24. The normalized spacial score (nSPS) is 13.7. The molecule has 24 heavy (non-hydrogen) atoms. The molecule has 0 nitrogen and oxygen atoms in total. The molecule has 0 aliphatic heterocycles. The van der Waals surface area contributed by atoms with Crippen LogP contribution in [0.1, 0.15) is 20.8 Å². The number of hydrogen-bond acceptors (Lipinski definition) is 0. The minimum atomic E-state index is 0.569. The highest BCUT2D eigenvalue weighted by molar-refractivity contribution is 6.08. The van der Waals surface area contributed by atoms with Crippen LogP contribution in [0.15, 0.2) is 72.8 Å². The first-order chi connectivity index (χ1) is 11.6. The molecule has 0 aliphatic carbocycles. The van der Waals surface area contributed by atoms with Crippen molar-refractivity contribution in [3.8, 4) is 0 Å². The van der Waals surface area contributed by atoms with Gasteiger partial charge in [-0.3, -0.25) is 0 Å². The molecule has 0 unspecified atom stereocenters. The predicted molar refractivity (Wildman–Crippen MR) is 108 cm³/mol. The van der Waals surface area contributed by atoms with Gasteiger partial charge in [0.25, 0.3) is 0 Å². The first-order valence-corrected chi connectivity index (χ1v) is 8.53. The zero-order chi connectivity index (χ0) is 17.1. The van der Waals surface area contributed by atoms with Gasteiger partial charge < -0.3 is 0 Å². The second kappa shape index (κ2) is 6.88. The van der Waals surface area contributed by atoms with Gasteiger partial charge in [0.1, 0.15) is 0 Å². The Balaban J connectivity index is 2.36. The smallest absolute Gasteiger partial charge is 0.00756 e. The number of allylic oxidation sites excluding steroid dienone is 4. The van der Waals surface area contributed by atoms with Crippen molar-refractivity contribution < 1.29 is 0 Å². The standard InChI is InChI=1S/C24H24/c1-17(2)11-5-6-12-18(3)24-19(4)20-13-7-8-14-21(20)22-15-9-10-16-23(22)24/h5-17H,4H2,1-3H3/b11-5-,12-6-,24-18-. The molecule has 0 amide bonds. The summed E-state index contributed by atoms with van der Waals surface area (Å²) in [7, 11) is 0. The van der Waals surface area contributed by atoms with E-state index in [9.17, 15) is 0 Å². The van der Waals surface area contributed by atoms with E-state index in [-0.39, 0.29) is 0 Å². The van der Waals surface area contributed by atoms with E-state index in [2.05, 4.69) is 100 Å². The molecule has 0 saturated carbocycles. The average molecular weight is 312 g/mol. The molecule has 0 heterocycles. The summed E-state index contributed by atoms with van der Waals surface area (Å²) in [5.74, 6) is 0.569. The largest absolute Gasteiger partial charge is 0.0905 e. The van der Waals surface area contributed by atoms with Crippen molar-refractivity contribution in [1.82, 2.24) is 0 Å². The zero-order valence-electron chi connectivity index (χ0n) is 14.7. The molecule has 0 heteroatoms. The SMILES string of the molecule is C=c1/c(=C(C)/C=C\C=C/C(C)C)c2ccccc2c2ccccc12. The number of benzene rings is 3. The summed E-state index contributed by atoms with van der Waals surface area (Å²) in [4.78, 5) is 0. The molecule has 3 aromatic rings. The lowest BCUT2D eigenvalue weighted by Gasteiger charge is -2.08. The molecule has 3 aromatic carbocycles. The second-order valence-electron chi connectivity index (χ2n) is 6.62. The van der Waals surface area contributed by atoms with Crippen LogP contribution in [-0.2, 0) is 0 Å². The third-order valence-corrected chi connectivity index (χ3v) is 4.39. The van der Waals surface area contributed by atoms with Crippen LogP contribution in [0.5, 0.6) is 0 Å². The maximum atomic E-state index is 4.40. The monoisotopic (exact) mass is 312 g/mol. The maximum absolute atomic E-state index is 4.40. The highest BCUT2D eigenvalue weighted by Crippen LogP contribution is 2.20. The molecular weight excluding hydrogens is 288 g/mol. The Labute approximate surface area is 144 Å². The van der Waals surface area contributed by atoms with Crippen LogP contribution in [0.4, 0.5) is 0 Å². The maximum Gasteiger partial charge on any atom is -0.00756 e. The molecule has 0 spiro atoms. The molecule has 0 atom stereocenters. The summed E-state index contributed by atoms with van der Waals surface area (Å²) < 4.78 is 0. The minimum absolute atomic E-state index is 0.569. The third kappa shape index (κ3) is 3.05. The van der Waals surface area contributed by atoms with E-state index >= 15 is 0 Å². The van der Waals surface area contributed by atoms with Crippen LogP contribution in [0.2, 0.25) is 0 Å². The van der Waals surface area contributed by atoms with Crippen molar-refractivity contribution in [2.45, 2.75) is 20.8 Å². The molecule has 0 bridgehead atoms. The Morgan fingerprint density at radius 2 is 1.38 bits per heavy atom. The van der Waals surface area contributed by atoms with Crippen molar-refractivity contribution in [1.29, 1.82) is 0 Å². The molecule has 0 aromatic heterocycles. The summed E-state index contributed by atoms with van der Waals surface area (Å²) in [6.45, 7) is 10.9. The summed E-state index contributed by atoms with van der Waals surface area (Å²) in [6.07, 6.45) is 8.64. The lowest BCUT2D eigenvalue weighted by atomic mass is 9.96. The molecule has 0 saturated heterocycles. The number of rotatable bonds is 3. The van der Waals surface area contributed by atoms with E-state index in [1.54, 1.807) is 0 Å². The molecule has 0 fully saturated rings. The second-order valence-corrected chi connectivity index (χ2v) is 6.62. The minimum Gasteiger partial charge on any atom is -0.0905 e. The Morgan fingerprint density at radius 1 is 0.833 bits per heavy atom. The molecule has 3 rings (SSSR count). The van der Waals surface area contributed by atoms with Gasteiger partial charge in [-0.05, 0) is 50.4 Å². The first-order valence-electron chi connectivity index (χ1n) is 8.53. The van der Waals surface area contributed by atoms with Gasteiger partial charge in [0.2, 0.25) is 0 Å². The van der Waals surface area contributed by atoms with Crippen LogP contribution < -0.4 is 10.4 Å². The Morgan fingerprint density at radius 3 is 2.00 bits per heavy atom. The van der Waals surface area contributed by atoms with E-state index in [4.69, 9.17) is 0 Å². The lowest BCUT2D eigenvalue weighted by Crippen LogP contribution is -2.26. The van der Waals surface area contributed by atoms with Gasteiger partial charge in [0.15, 0.2) is 0 Å². The Kier molecular flexibility index (Phi) is 4.66. The quantitative estimate of drug-likeness (QED) is 0.452. The van der Waals surface area contributed by atoms with Gasteiger partial charge in [-0.2, -0.15) is 0 Å². The fraction of sp³-hybridized carbons (Fsp3) is 0.167. The highest BCUT2D eigenvalue weighted by atomic mass is 14.1. The van der Waals surface area contributed by atoms with E-state index in [1.807, 2.05) is 0 Å². The summed E-state index contributed by atoms with van der Waals surface area (Å²) >= 11 is 0. The van der Waals surface area contributed by atoms with E-state index in [0.717, 1.165) is 5.22 Å². The van der Waals surface area contributed by atoms with Crippen molar-refractivity contribution in [3.63, 3.8) is 0 Å². The van der Waals surface area contributed by atoms with Crippen molar-refractivity contribution in [2.24, 2.45) is 5.92 Å². The highest BCUT2D eigenvalue weighted by Gasteiger charge is 2.04. The average Bonchev–Trinajstić information content (AvgIpc) is 2.59. The van der Waals surface area contributed by atoms with E-state index in [0.29, 0.717) is 5.92 Å². The zero-order valence-corrected chi connectivity index (χ0v) is 14.7. The van der Waals surface area contributed by atoms with Crippen molar-refractivity contribution in [2.75, 3.05) is 0 Å². The Bertz CT molecular complexity index is 1050. The summed E-state index contributed by atoms with van der Waals surface area (Å²) in [5, 5.41) is 7.44. The van der Waals surface area contributed by atoms with Gasteiger partial charge in [0.05, 0.1) is 0 Å². The lowest BCUT2D eigenvalue weighted by molar-refractivity contribution is 0.832. The predicted octanol–water partition coefficient (Wildman–Crippen LogP) is 5.34. The van der Waals surface area contributed by atoms with Crippen LogP contribution in [0.25, 0.3) is 33.7 Å². The fourth-order valence-electron chi connectivity index (χ4n) is 3.23. The Hall–Kier alpha value is -2.60. The van der Waals surface area contributed by atoms with Gasteiger partial charge >= 0.3 is 0 Å². The van der Waals surface area contributed by atoms with Crippen molar-refractivity contribution >= 4 is 33.7 Å². The van der Waals surface area contributed by atoms with Crippen molar-refractivity contribution in [3.05, 3.63) is 83.3 Å². The topological polar surface area (TPSA) is 0 Å². The van der Waals surface area contributed by atoms with E-state index < -0.39 is 0 Å². The van der Waals surface area contributed by atoms with Crippen LogP contribution in [-0.4, -0.2) is 0 Å². The van der Waals surface area contributed by atoms with Gasteiger partial charge in [0, 0.05) is 0 Å². The molecule has 0 aliphatic rings. The number of hydrogen-bond donors (Lipinski definition) is 0. The summed E-state index contributed by atoms with van der Waals surface area (Å²) in [6, 6.07) is 17.2. The molecule has 0 radical (unpaired) electrons. The van der Waals surface area contributed by atoms with Crippen LogP contribution in [0, 0.1) is 5.92 Å². The van der Waals surface area contributed by atoms with Crippen LogP contribution in [0.3, 0.4) is 0 Å². The van der Waals surface area contributed by atoms with E-state index in [1.165, 1.54) is 32.3 Å². The summed E-state index contributed by atoms with van der Waals surface area (Å²) in [5.41, 5.74) is 1.25. The molecule has 0 N–H and O–H groups in total. The van der Waals surface area contributed by atoms with Gasteiger partial charge in [-0.1, -0.05) is 93.3 Å². The van der Waals surface area contributed by atoms with Crippen LogP contribution >= 0.6 is 0 Å². The third-order valence-electron chi connectivity index (χ3n) is 4.39. The number of fused-ring (bicyclic) bond motifs is 3. The van der Waals surface area contributed by atoms with Gasteiger partial charge in [-0.15, -0.1) is 0 Å².